The number of hydrogen-bond acceptors (Lipinski definition) is 6. The molecule has 0 aliphatic heterocycles. The maximum absolute atomic E-state index is 5.52. The van der Waals surface area contributed by atoms with Crippen LogP contribution in [-0.4, -0.2) is 34.4 Å². The van der Waals surface area contributed by atoms with Gasteiger partial charge in [-0.3, -0.25) is 0 Å². The van der Waals surface area contributed by atoms with E-state index in [1.54, 1.807) is 14.2 Å². The molecule has 1 heterocycles. The van der Waals surface area contributed by atoms with E-state index in [0.29, 0.717) is 11.5 Å². The van der Waals surface area contributed by atoms with E-state index in [1.807, 2.05) is 22.9 Å². The number of anilines is 1. The van der Waals surface area contributed by atoms with Crippen molar-refractivity contribution < 1.29 is 9.47 Å². The SMILES string of the molecule is CCc1cccc(C)c1-n1nnnc1C1(Nc2ccc(OC)c(OC)c2)CCCCC1. The first-order valence-electron chi connectivity index (χ1n) is 11.0. The predicted molar refractivity (Wildman–Crippen MR) is 121 cm³/mol. The van der Waals surface area contributed by atoms with Crippen molar-refractivity contribution in [3.05, 3.63) is 53.3 Å². The molecule has 2 aromatic carbocycles. The number of ether oxygens (including phenoxy) is 2. The van der Waals surface area contributed by atoms with Gasteiger partial charge in [-0.25, -0.2) is 0 Å². The van der Waals surface area contributed by atoms with Crippen LogP contribution in [0.2, 0.25) is 0 Å². The second-order valence-corrected chi connectivity index (χ2v) is 8.19. The normalized spacial score (nSPS) is 15.5. The molecular formula is C24H31N5O2. The molecule has 3 aromatic rings. The van der Waals surface area contributed by atoms with Gasteiger partial charge in [0, 0.05) is 11.8 Å². The molecule has 1 aromatic heterocycles. The van der Waals surface area contributed by atoms with E-state index in [9.17, 15) is 0 Å². The molecule has 164 valence electrons. The van der Waals surface area contributed by atoms with E-state index in [4.69, 9.17) is 9.47 Å². The van der Waals surface area contributed by atoms with Crippen LogP contribution in [0.5, 0.6) is 11.5 Å². The average molecular weight is 422 g/mol. The van der Waals surface area contributed by atoms with Crippen molar-refractivity contribution in [2.24, 2.45) is 0 Å². The molecule has 0 atom stereocenters. The molecule has 1 aliphatic rings. The van der Waals surface area contributed by atoms with Crippen LogP contribution in [0.15, 0.2) is 36.4 Å². The molecule has 0 radical (unpaired) electrons. The summed E-state index contributed by atoms with van der Waals surface area (Å²) in [6.45, 7) is 4.29. The van der Waals surface area contributed by atoms with E-state index in [-0.39, 0.29) is 5.54 Å². The maximum atomic E-state index is 5.52. The van der Waals surface area contributed by atoms with Crippen molar-refractivity contribution in [1.82, 2.24) is 20.2 Å². The molecule has 0 bridgehead atoms. The van der Waals surface area contributed by atoms with Crippen LogP contribution in [0.25, 0.3) is 5.69 Å². The van der Waals surface area contributed by atoms with Gasteiger partial charge in [-0.2, -0.15) is 4.68 Å². The molecule has 7 nitrogen and oxygen atoms in total. The van der Waals surface area contributed by atoms with E-state index in [2.05, 4.69) is 52.9 Å². The van der Waals surface area contributed by atoms with Crippen molar-refractivity contribution >= 4 is 5.69 Å². The van der Waals surface area contributed by atoms with Crippen molar-refractivity contribution in [3.63, 3.8) is 0 Å². The molecular weight excluding hydrogens is 390 g/mol. The second-order valence-electron chi connectivity index (χ2n) is 8.19. The summed E-state index contributed by atoms with van der Waals surface area (Å²) in [4.78, 5) is 0. The minimum atomic E-state index is -0.353. The highest BCUT2D eigenvalue weighted by atomic mass is 16.5. The summed E-state index contributed by atoms with van der Waals surface area (Å²) in [5.74, 6) is 2.28. The van der Waals surface area contributed by atoms with Gasteiger partial charge in [-0.1, -0.05) is 44.4 Å². The summed E-state index contributed by atoms with van der Waals surface area (Å²) in [7, 11) is 3.30. The van der Waals surface area contributed by atoms with E-state index >= 15 is 0 Å². The summed E-state index contributed by atoms with van der Waals surface area (Å²) < 4.78 is 12.9. The summed E-state index contributed by atoms with van der Waals surface area (Å²) in [6, 6.07) is 12.3. The lowest BCUT2D eigenvalue weighted by atomic mass is 9.80. The van der Waals surface area contributed by atoms with Crippen LogP contribution in [0.4, 0.5) is 5.69 Å². The number of rotatable bonds is 7. The molecule has 1 saturated carbocycles. The Labute approximate surface area is 183 Å². The molecule has 4 rings (SSSR count). The van der Waals surface area contributed by atoms with Gasteiger partial charge in [0.05, 0.1) is 25.4 Å². The number of benzene rings is 2. The molecule has 7 heteroatoms. The fourth-order valence-corrected chi connectivity index (χ4v) is 4.69. The number of aromatic nitrogens is 4. The number of nitrogens with zero attached hydrogens (tertiary/aromatic N) is 4. The summed E-state index contributed by atoms with van der Waals surface area (Å²) in [5, 5.41) is 16.9. The lowest BCUT2D eigenvalue weighted by Crippen LogP contribution is -2.40. The standard InChI is InChI=1S/C24H31N5O2/c1-5-18-11-9-10-17(2)22(18)29-23(26-27-28-29)24(14-7-6-8-15-24)25-19-12-13-20(30-3)21(16-19)31-4/h9-13,16,25H,5-8,14-15H2,1-4H3. The summed E-state index contributed by atoms with van der Waals surface area (Å²) >= 11 is 0. The van der Waals surface area contributed by atoms with Gasteiger partial charge in [-0.15, -0.1) is 5.10 Å². The average Bonchev–Trinajstić information content (AvgIpc) is 3.29. The van der Waals surface area contributed by atoms with Crippen LogP contribution in [-0.2, 0) is 12.0 Å². The Morgan fingerprint density at radius 1 is 1.03 bits per heavy atom. The zero-order chi connectivity index (χ0) is 21.8. The van der Waals surface area contributed by atoms with Crippen LogP contribution in [0, 0.1) is 6.92 Å². The molecule has 0 saturated heterocycles. The Balaban J connectivity index is 1.80. The van der Waals surface area contributed by atoms with Crippen molar-refractivity contribution in [2.75, 3.05) is 19.5 Å². The minimum Gasteiger partial charge on any atom is -0.493 e. The number of hydrogen-bond donors (Lipinski definition) is 1. The number of nitrogens with one attached hydrogen (secondary N) is 1. The summed E-state index contributed by atoms with van der Waals surface area (Å²) in [5.41, 5.74) is 4.11. The molecule has 0 unspecified atom stereocenters. The maximum Gasteiger partial charge on any atom is 0.181 e. The lowest BCUT2D eigenvalue weighted by Gasteiger charge is -2.38. The second kappa shape index (κ2) is 8.96. The number of methoxy groups -OCH3 is 2. The van der Waals surface area contributed by atoms with Gasteiger partial charge in [0.2, 0.25) is 0 Å². The first kappa shape index (κ1) is 21.2. The third-order valence-corrected chi connectivity index (χ3v) is 6.29. The Morgan fingerprint density at radius 2 is 1.81 bits per heavy atom. The Bertz CT molecular complexity index is 1040. The first-order valence-corrected chi connectivity index (χ1v) is 11.0. The molecule has 1 fully saturated rings. The number of aryl methyl sites for hydroxylation is 2. The van der Waals surface area contributed by atoms with Gasteiger partial charge in [0.25, 0.3) is 0 Å². The zero-order valence-corrected chi connectivity index (χ0v) is 18.8. The fourth-order valence-electron chi connectivity index (χ4n) is 4.69. The molecule has 0 amide bonds. The Hall–Kier alpha value is -3.09. The number of tetrazole rings is 1. The van der Waals surface area contributed by atoms with E-state index in [0.717, 1.165) is 49.3 Å². The van der Waals surface area contributed by atoms with Gasteiger partial charge >= 0.3 is 0 Å². The van der Waals surface area contributed by atoms with E-state index in [1.165, 1.54) is 17.5 Å². The third kappa shape index (κ3) is 3.96. The highest BCUT2D eigenvalue weighted by molar-refractivity contribution is 5.57. The van der Waals surface area contributed by atoms with Crippen LogP contribution < -0.4 is 14.8 Å². The van der Waals surface area contributed by atoms with Gasteiger partial charge in [-0.05, 0) is 59.9 Å². The number of para-hydroxylation sites is 1. The van der Waals surface area contributed by atoms with Crippen LogP contribution in [0.3, 0.4) is 0 Å². The molecule has 31 heavy (non-hydrogen) atoms. The molecule has 0 spiro atoms. The fraction of sp³-hybridized carbons (Fsp3) is 0.458. The Morgan fingerprint density at radius 3 is 2.52 bits per heavy atom. The van der Waals surface area contributed by atoms with Crippen molar-refractivity contribution in [3.8, 4) is 17.2 Å². The first-order chi connectivity index (χ1) is 15.1. The van der Waals surface area contributed by atoms with Crippen LogP contribution in [0.1, 0.15) is 56.0 Å². The minimum absolute atomic E-state index is 0.353. The zero-order valence-electron chi connectivity index (χ0n) is 18.8. The molecule has 1 aliphatic carbocycles. The quantitative estimate of drug-likeness (QED) is 0.589. The summed E-state index contributed by atoms with van der Waals surface area (Å²) in [6.07, 6.45) is 6.33. The largest absolute Gasteiger partial charge is 0.493 e. The van der Waals surface area contributed by atoms with Gasteiger partial charge in [0.1, 0.15) is 0 Å². The monoisotopic (exact) mass is 421 g/mol. The molecule has 1 N–H and O–H groups in total. The van der Waals surface area contributed by atoms with Gasteiger partial charge < -0.3 is 14.8 Å². The van der Waals surface area contributed by atoms with E-state index < -0.39 is 0 Å². The highest BCUT2D eigenvalue weighted by Crippen LogP contribution is 2.41. The van der Waals surface area contributed by atoms with Crippen LogP contribution >= 0.6 is 0 Å². The van der Waals surface area contributed by atoms with Crippen molar-refractivity contribution in [1.29, 1.82) is 0 Å². The third-order valence-electron chi connectivity index (χ3n) is 6.29. The van der Waals surface area contributed by atoms with Gasteiger partial charge in [0.15, 0.2) is 17.3 Å². The Kier molecular flexibility index (Phi) is 6.11. The topological polar surface area (TPSA) is 74.1 Å². The highest BCUT2D eigenvalue weighted by Gasteiger charge is 2.40. The van der Waals surface area contributed by atoms with Crippen molar-refractivity contribution in [2.45, 2.75) is 57.9 Å². The predicted octanol–water partition coefficient (Wildman–Crippen LogP) is 4.82. The lowest BCUT2D eigenvalue weighted by molar-refractivity contribution is 0.309. The smallest absolute Gasteiger partial charge is 0.181 e.